The van der Waals surface area contributed by atoms with Gasteiger partial charge in [0.15, 0.2) is 23.0 Å². The fraction of sp³-hybridized carbons (Fsp3) is 0.696. The molecule has 0 aliphatic heterocycles. The second-order valence-corrected chi connectivity index (χ2v) is 21.8. The monoisotopic (exact) mass is 1020 g/mol. The highest BCUT2D eigenvalue weighted by atomic mass is 16.5. The zero-order valence-electron chi connectivity index (χ0n) is 48.7. The molecular weight excluding hydrogens is 907 g/mol. The van der Waals surface area contributed by atoms with Gasteiger partial charge < -0.3 is 18.9 Å². The van der Waals surface area contributed by atoms with Gasteiger partial charge in [0.1, 0.15) is 0 Å². The molecule has 0 N–H and O–H groups in total. The van der Waals surface area contributed by atoms with Crippen LogP contribution in [0.1, 0.15) is 307 Å². The maximum atomic E-state index is 6.47. The molecule has 74 heavy (non-hydrogen) atoms. The molecule has 418 valence electrons. The Bertz CT molecular complexity index is 1660. The molecule has 0 aliphatic rings. The van der Waals surface area contributed by atoms with Crippen LogP contribution in [0.2, 0.25) is 0 Å². The minimum atomic E-state index is 0.721. The van der Waals surface area contributed by atoms with Gasteiger partial charge in [-0.25, -0.2) is 0 Å². The first-order valence-corrected chi connectivity index (χ1v) is 31.8. The molecular formula is C69H113NO4. The molecule has 1 aromatic heterocycles. The maximum Gasteiger partial charge on any atom is 0.161 e. The third-order valence-corrected chi connectivity index (χ3v) is 14.7. The quantitative estimate of drug-likeness (QED) is 0.0528. The summed E-state index contributed by atoms with van der Waals surface area (Å²) in [5, 5.41) is 0. The predicted molar refractivity (Wildman–Crippen MR) is 324 cm³/mol. The van der Waals surface area contributed by atoms with E-state index >= 15 is 0 Å². The van der Waals surface area contributed by atoms with E-state index in [1.807, 2.05) is 12.4 Å². The molecule has 0 unspecified atom stereocenters. The molecule has 3 rings (SSSR count). The normalized spacial score (nSPS) is 11.6. The zero-order chi connectivity index (χ0) is 52.5. The van der Waals surface area contributed by atoms with Gasteiger partial charge >= 0.3 is 0 Å². The van der Waals surface area contributed by atoms with E-state index in [2.05, 4.69) is 99.4 Å². The maximum absolute atomic E-state index is 6.47. The minimum Gasteiger partial charge on any atom is -0.490 e. The highest BCUT2D eigenvalue weighted by Gasteiger charge is 2.09. The van der Waals surface area contributed by atoms with Gasteiger partial charge in [-0.2, -0.15) is 0 Å². The summed E-state index contributed by atoms with van der Waals surface area (Å²) in [6.45, 7) is 12.1. The van der Waals surface area contributed by atoms with Crippen molar-refractivity contribution in [3.63, 3.8) is 0 Å². The van der Waals surface area contributed by atoms with Crippen molar-refractivity contribution < 1.29 is 18.9 Å². The first kappa shape index (κ1) is 64.6. The average molecular weight is 1020 g/mol. The Labute approximate surface area is 457 Å². The molecule has 3 aromatic rings. The summed E-state index contributed by atoms with van der Waals surface area (Å²) in [4.78, 5) is 4.63. The van der Waals surface area contributed by atoms with E-state index in [0.29, 0.717) is 0 Å². The Morgan fingerprint density at radius 1 is 0.257 bits per heavy atom. The van der Waals surface area contributed by atoms with Crippen LogP contribution in [0.25, 0.3) is 24.3 Å². The van der Waals surface area contributed by atoms with Crippen LogP contribution in [0, 0.1) is 0 Å². The van der Waals surface area contributed by atoms with Crippen molar-refractivity contribution in [1.29, 1.82) is 0 Å². The number of hydrogen-bond acceptors (Lipinski definition) is 5. The van der Waals surface area contributed by atoms with Crippen LogP contribution < -0.4 is 18.9 Å². The summed E-state index contributed by atoms with van der Waals surface area (Å²) in [6.07, 6.45) is 65.2. The number of ether oxygens (including phenoxy) is 4. The summed E-state index contributed by atoms with van der Waals surface area (Å²) in [7, 11) is 0. The van der Waals surface area contributed by atoms with Gasteiger partial charge in [0.05, 0.1) is 26.4 Å². The standard InChI is InChI=1S/C69H113NO4/c1-5-9-13-17-21-25-29-33-37-41-53-71-66-51-49-62(58-68(66)73-55-43-39-35-31-27-23-19-15-11-7-3)45-47-64-57-65(61-70-60-64)48-46-63-50-52-67(72-54-42-38-34-30-26-22-18-14-10-6-2)69(59-63)74-56-44-40-36-32-28-24-20-16-12-8-4/h45-52,57-61H,5-44,53-56H2,1-4H3/b47-45+,48-46+. The van der Waals surface area contributed by atoms with E-state index in [4.69, 9.17) is 18.9 Å². The van der Waals surface area contributed by atoms with Crippen molar-refractivity contribution in [2.45, 2.75) is 285 Å². The summed E-state index contributed by atoms with van der Waals surface area (Å²) in [5.41, 5.74) is 4.29. The molecule has 2 aromatic carbocycles. The van der Waals surface area contributed by atoms with Crippen molar-refractivity contribution in [1.82, 2.24) is 4.98 Å². The van der Waals surface area contributed by atoms with E-state index in [-0.39, 0.29) is 0 Å². The number of pyridine rings is 1. The van der Waals surface area contributed by atoms with Gasteiger partial charge in [0.2, 0.25) is 0 Å². The molecule has 0 saturated heterocycles. The Hall–Kier alpha value is -3.73. The van der Waals surface area contributed by atoms with E-state index in [0.717, 1.165) is 97.4 Å². The SMILES string of the molecule is CCCCCCCCCCCCOc1ccc(/C=C/c2cncc(/C=C/c3ccc(OCCCCCCCCCCCC)c(OCCCCCCCCCCCC)c3)c2)cc1OCCCCCCCCCCCC. The van der Waals surface area contributed by atoms with Crippen LogP contribution in [-0.4, -0.2) is 31.4 Å². The van der Waals surface area contributed by atoms with Crippen molar-refractivity contribution in [2.75, 3.05) is 26.4 Å². The third kappa shape index (κ3) is 34.8. The van der Waals surface area contributed by atoms with E-state index in [9.17, 15) is 0 Å². The summed E-state index contributed by atoms with van der Waals surface area (Å²) >= 11 is 0. The molecule has 1 heterocycles. The Morgan fingerprint density at radius 3 is 0.757 bits per heavy atom. The molecule has 0 spiro atoms. The molecule has 0 amide bonds. The second kappa shape index (κ2) is 47.7. The van der Waals surface area contributed by atoms with Gasteiger partial charge in [0.25, 0.3) is 0 Å². The largest absolute Gasteiger partial charge is 0.490 e. The van der Waals surface area contributed by atoms with Gasteiger partial charge in [-0.3, -0.25) is 4.98 Å². The fourth-order valence-electron chi connectivity index (χ4n) is 9.85. The number of benzene rings is 2. The van der Waals surface area contributed by atoms with Crippen molar-refractivity contribution >= 4 is 24.3 Å². The molecule has 0 bridgehead atoms. The summed E-state index contributed by atoms with van der Waals surface area (Å²) in [6, 6.07) is 15.0. The molecule has 0 aliphatic carbocycles. The number of hydrogen-bond donors (Lipinski definition) is 0. The minimum absolute atomic E-state index is 0.721. The zero-order valence-corrected chi connectivity index (χ0v) is 48.7. The van der Waals surface area contributed by atoms with Crippen LogP contribution in [-0.2, 0) is 0 Å². The fourth-order valence-corrected chi connectivity index (χ4v) is 9.85. The number of unbranched alkanes of at least 4 members (excludes halogenated alkanes) is 36. The third-order valence-electron chi connectivity index (χ3n) is 14.7. The molecule has 0 radical (unpaired) electrons. The van der Waals surface area contributed by atoms with Crippen LogP contribution >= 0.6 is 0 Å². The van der Waals surface area contributed by atoms with E-state index in [1.165, 1.54) is 231 Å². The summed E-state index contributed by atoms with van der Waals surface area (Å²) < 4.78 is 25.7. The Morgan fingerprint density at radius 2 is 0.486 bits per heavy atom. The molecule has 0 saturated carbocycles. The Kier molecular flexibility index (Phi) is 41.6. The number of rotatable bonds is 52. The highest BCUT2D eigenvalue weighted by molar-refractivity contribution is 5.74. The van der Waals surface area contributed by atoms with Crippen molar-refractivity contribution in [3.05, 3.63) is 77.1 Å². The van der Waals surface area contributed by atoms with Crippen molar-refractivity contribution in [2.24, 2.45) is 0 Å². The van der Waals surface area contributed by atoms with Crippen LogP contribution in [0.5, 0.6) is 23.0 Å². The van der Waals surface area contributed by atoms with Crippen LogP contribution in [0.15, 0.2) is 54.9 Å². The van der Waals surface area contributed by atoms with Gasteiger partial charge in [-0.05, 0) is 78.3 Å². The first-order valence-electron chi connectivity index (χ1n) is 31.8. The highest BCUT2D eigenvalue weighted by Crippen LogP contribution is 2.32. The lowest BCUT2D eigenvalue weighted by Crippen LogP contribution is -2.03. The number of aromatic nitrogens is 1. The molecule has 5 nitrogen and oxygen atoms in total. The van der Waals surface area contributed by atoms with Crippen molar-refractivity contribution in [3.8, 4) is 23.0 Å². The predicted octanol–water partition coefficient (Wildman–Crippen LogP) is 22.6. The lowest BCUT2D eigenvalue weighted by molar-refractivity contribution is 0.258. The first-order chi connectivity index (χ1) is 36.7. The topological polar surface area (TPSA) is 49.8 Å². The molecule has 0 atom stereocenters. The lowest BCUT2D eigenvalue weighted by Gasteiger charge is -2.14. The summed E-state index contributed by atoms with van der Waals surface area (Å²) in [5.74, 6) is 3.43. The average Bonchev–Trinajstić information content (AvgIpc) is 3.42. The number of nitrogens with zero attached hydrogens (tertiary/aromatic N) is 1. The van der Waals surface area contributed by atoms with Crippen LogP contribution in [0.3, 0.4) is 0 Å². The van der Waals surface area contributed by atoms with Gasteiger partial charge in [-0.15, -0.1) is 0 Å². The van der Waals surface area contributed by atoms with E-state index < -0.39 is 0 Å². The van der Waals surface area contributed by atoms with E-state index in [1.54, 1.807) is 0 Å². The second-order valence-electron chi connectivity index (χ2n) is 21.8. The van der Waals surface area contributed by atoms with Crippen LogP contribution in [0.4, 0.5) is 0 Å². The Balaban J connectivity index is 1.59. The smallest absolute Gasteiger partial charge is 0.161 e. The van der Waals surface area contributed by atoms with Gasteiger partial charge in [0, 0.05) is 12.4 Å². The lowest BCUT2D eigenvalue weighted by atomic mass is 10.1. The van der Waals surface area contributed by atoms with Gasteiger partial charge in [-0.1, -0.05) is 295 Å². The molecule has 0 fully saturated rings. The molecule has 5 heteroatoms.